The van der Waals surface area contributed by atoms with Gasteiger partial charge in [0.15, 0.2) is 11.5 Å². The highest BCUT2D eigenvalue weighted by Gasteiger charge is 2.51. The number of hydrogen-bond donors (Lipinski definition) is 1. The Morgan fingerprint density at radius 2 is 1.76 bits per heavy atom. The first-order valence-corrected chi connectivity index (χ1v) is 15.7. The topological polar surface area (TPSA) is 96.9 Å². The summed E-state index contributed by atoms with van der Waals surface area (Å²) in [6, 6.07) is 7.80. The van der Waals surface area contributed by atoms with E-state index in [1.807, 2.05) is 45.0 Å². The predicted octanol–water partition coefficient (Wildman–Crippen LogP) is 6.45. The Morgan fingerprint density at radius 3 is 2.38 bits per heavy atom. The first kappa shape index (κ1) is 30.3. The SMILES string of the molecule is COc1ccc(CNc2ncc(Br)nc2C(=O)C2=C(N3CCCC3)C(C)CC23CCN(C(=O)OC(C)(C)C)CC3)cc1. The Balaban J connectivity index is 1.46. The second kappa shape index (κ2) is 12.2. The lowest BCUT2D eigenvalue weighted by Crippen LogP contribution is -2.46. The molecule has 0 radical (unpaired) electrons. The summed E-state index contributed by atoms with van der Waals surface area (Å²) in [5.41, 5.74) is 2.51. The predicted molar refractivity (Wildman–Crippen MR) is 165 cm³/mol. The van der Waals surface area contributed by atoms with Gasteiger partial charge in [0.2, 0.25) is 5.78 Å². The molecule has 2 aromatic rings. The van der Waals surface area contributed by atoms with E-state index < -0.39 is 5.60 Å². The summed E-state index contributed by atoms with van der Waals surface area (Å²) in [4.78, 5) is 41.1. The number of allylic oxidation sites excluding steroid dienone is 2. The van der Waals surface area contributed by atoms with Gasteiger partial charge in [0, 0.05) is 49.4 Å². The zero-order valence-corrected chi connectivity index (χ0v) is 26.9. The van der Waals surface area contributed by atoms with E-state index in [2.05, 4.69) is 43.0 Å². The maximum Gasteiger partial charge on any atom is 0.410 e. The van der Waals surface area contributed by atoms with Crippen molar-refractivity contribution >= 4 is 33.6 Å². The van der Waals surface area contributed by atoms with Crippen molar-refractivity contribution in [2.75, 3.05) is 38.6 Å². The van der Waals surface area contributed by atoms with E-state index in [-0.39, 0.29) is 23.2 Å². The molecule has 1 aromatic heterocycles. The van der Waals surface area contributed by atoms with Gasteiger partial charge in [-0.05, 0) is 92.4 Å². The van der Waals surface area contributed by atoms with Crippen LogP contribution in [0.4, 0.5) is 10.6 Å². The van der Waals surface area contributed by atoms with Crippen LogP contribution in [0, 0.1) is 11.3 Å². The first-order valence-electron chi connectivity index (χ1n) is 14.9. The van der Waals surface area contributed by atoms with Crippen molar-refractivity contribution in [1.29, 1.82) is 0 Å². The van der Waals surface area contributed by atoms with Gasteiger partial charge in [0.05, 0.1) is 13.3 Å². The van der Waals surface area contributed by atoms with Gasteiger partial charge in [-0.2, -0.15) is 0 Å². The van der Waals surface area contributed by atoms with Gasteiger partial charge in [-0.15, -0.1) is 0 Å². The number of nitrogens with zero attached hydrogens (tertiary/aromatic N) is 4. The molecule has 1 spiro atoms. The van der Waals surface area contributed by atoms with Crippen molar-refractivity contribution < 1.29 is 19.1 Å². The molecule has 10 heteroatoms. The average Bonchev–Trinajstić information content (AvgIpc) is 3.57. The number of methoxy groups -OCH3 is 1. The number of nitrogens with one attached hydrogen (secondary N) is 1. The van der Waals surface area contributed by atoms with Crippen LogP contribution in [0.25, 0.3) is 0 Å². The Bertz CT molecular complexity index is 1340. The van der Waals surface area contributed by atoms with Crippen molar-refractivity contribution in [2.45, 2.75) is 71.9 Å². The first-order chi connectivity index (χ1) is 20.0. The fourth-order valence-electron chi connectivity index (χ4n) is 6.69. The molecule has 0 bridgehead atoms. The van der Waals surface area contributed by atoms with Crippen molar-refractivity contribution in [3.8, 4) is 5.75 Å². The van der Waals surface area contributed by atoms with Crippen LogP contribution in [0.1, 0.15) is 75.9 Å². The van der Waals surface area contributed by atoms with E-state index in [0.29, 0.717) is 48.6 Å². The van der Waals surface area contributed by atoms with E-state index in [0.717, 1.165) is 54.9 Å². The monoisotopic (exact) mass is 639 g/mol. The Labute approximate surface area is 257 Å². The second-order valence-electron chi connectivity index (χ2n) is 12.7. The summed E-state index contributed by atoms with van der Waals surface area (Å²) in [6.45, 7) is 11.4. The highest BCUT2D eigenvalue weighted by atomic mass is 79.9. The van der Waals surface area contributed by atoms with Crippen molar-refractivity contribution in [3.63, 3.8) is 0 Å². The summed E-state index contributed by atoms with van der Waals surface area (Å²) in [7, 11) is 1.64. The third kappa shape index (κ3) is 6.43. The molecule has 1 aromatic carbocycles. The maximum absolute atomic E-state index is 14.7. The van der Waals surface area contributed by atoms with Crippen LogP contribution >= 0.6 is 15.9 Å². The molecule has 1 atom stereocenters. The Hall–Kier alpha value is -3.14. The molecule has 1 unspecified atom stereocenters. The molecule has 0 saturated carbocycles. The number of benzene rings is 1. The summed E-state index contributed by atoms with van der Waals surface area (Å²) in [6.07, 6.45) is 5.90. The van der Waals surface area contributed by atoms with Crippen molar-refractivity contribution in [2.24, 2.45) is 11.3 Å². The lowest BCUT2D eigenvalue weighted by molar-refractivity contribution is 0.0130. The smallest absolute Gasteiger partial charge is 0.410 e. The van der Waals surface area contributed by atoms with Crippen LogP contribution < -0.4 is 10.1 Å². The molecule has 1 amide bonds. The molecule has 9 nitrogen and oxygen atoms in total. The molecule has 226 valence electrons. The number of halogens is 1. The van der Waals surface area contributed by atoms with Crippen LogP contribution in [-0.2, 0) is 11.3 Å². The Morgan fingerprint density at radius 1 is 1.10 bits per heavy atom. The molecular formula is C32H42BrN5O4. The van der Waals surface area contributed by atoms with Crippen molar-refractivity contribution in [1.82, 2.24) is 19.8 Å². The van der Waals surface area contributed by atoms with Gasteiger partial charge >= 0.3 is 6.09 Å². The third-order valence-corrected chi connectivity index (χ3v) is 8.96. The Kier molecular flexibility index (Phi) is 8.83. The molecule has 2 aliphatic heterocycles. The number of piperidine rings is 1. The van der Waals surface area contributed by atoms with E-state index in [1.54, 1.807) is 18.2 Å². The van der Waals surface area contributed by atoms with Gasteiger partial charge in [0.25, 0.3) is 0 Å². The van der Waals surface area contributed by atoms with Crippen LogP contribution in [0.3, 0.4) is 0 Å². The summed E-state index contributed by atoms with van der Waals surface area (Å²) >= 11 is 3.46. The molecule has 2 saturated heterocycles. The molecule has 5 rings (SSSR count). The number of Topliss-reactive ketones (excluding diaryl/α,β-unsaturated/α-hetero) is 1. The number of ketones is 1. The molecule has 2 fully saturated rings. The molecule has 1 N–H and O–H groups in total. The normalized spacial score (nSPS) is 20.3. The maximum atomic E-state index is 14.7. The van der Waals surface area contributed by atoms with Gasteiger partial charge < -0.3 is 24.6 Å². The standard InChI is InChI=1S/C32H42BrN5O4/c1-21-18-32(12-16-38(17-13-32)30(40)42-31(2,3)4)25(27(21)37-14-6-7-15-37)28(39)26-29(35-20-24(33)36-26)34-19-22-8-10-23(41-5)11-9-22/h8-11,20-21H,6-7,12-19H2,1-5H3,(H,34,35). The number of carbonyl (C=O) groups excluding carboxylic acids is 2. The van der Waals surface area contributed by atoms with Gasteiger partial charge in [-0.3, -0.25) is 4.79 Å². The third-order valence-electron chi connectivity index (χ3n) is 8.57. The largest absolute Gasteiger partial charge is 0.497 e. The number of ether oxygens (including phenoxy) is 2. The number of amides is 1. The van der Waals surface area contributed by atoms with E-state index in [9.17, 15) is 9.59 Å². The number of aromatic nitrogens is 2. The number of carbonyl (C=O) groups is 2. The summed E-state index contributed by atoms with van der Waals surface area (Å²) in [5, 5.41) is 3.37. The van der Waals surface area contributed by atoms with Gasteiger partial charge in [-0.25, -0.2) is 14.8 Å². The fraction of sp³-hybridized carbons (Fsp3) is 0.562. The highest BCUT2D eigenvalue weighted by Crippen LogP contribution is 2.55. The molecular weight excluding hydrogens is 598 g/mol. The van der Waals surface area contributed by atoms with Gasteiger partial charge in [0.1, 0.15) is 16.0 Å². The lowest BCUT2D eigenvalue weighted by atomic mass is 9.71. The quantitative estimate of drug-likeness (QED) is 0.345. The number of anilines is 1. The highest BCUT2D eigenvalue weighted by molar-refractivity contribution is 9.10. The second-order valence-corrected chi connectivity index (χ2v) is 13.5. The van der Waals surface area contributed by atoms with E-state index in [4.69, 9.17) is 9.47 Å². The van der Waals surface area contributed by atoms with Gasteiger partial charge in [-0.1, -0.05) is 19.1 Å². The summed E-state index contributed by atoms with van der Waals surface area (Å²) in [5.74, 6) is 1.43. The number of rotatable bonds is 7. The van der Waals surface area contributed by atoms with Crippen LogP contribution in [0.5, 0.6) is 5.75 Å². The zero-order valence-electron chi connectivity index (χ0n) is 25.3. The molecule has 3 aliphatic rings. The van der Waals surface area contributed by atoms with E-state index in [1.165, 1.54) is 0 Å². The molecule has 3 heterocycles. The van der Waals surface area contributed by atoms with E-state index >= 15 is 0 Å². The lowest BCUT2D eigenvalue weighted by Gasteiger charge is -2.41. The molecule has 42 heavy (non-hydrogen) atoms. The minimum Gasteiger partial charge on any atom is -0.497 e. The molecule has 1 aliphatic carbocycles. The van der Waals surface area contributed by atoms with Crippen molar-refractivity contribution in [3.05, 3.63) is 57.6 Å². The minimum absolute atomic E-state index is 0.0713. The summed E-state index contributed by atoms with van der Waals surface area (Å²) < 4.78 is 11.5. The van der Waals surface area contributed by atoms with Crippen LogP contribution in [-0.4, -0.2) is 70.5 Å². The number of hydrogen-bond acceptors (Lipinski definition) is 8. The average molecular weight is 641 g/mol. The van der Waals surface area contributed by atoms with Crippen LogP contribution in [0.15, 0.2) is 46.3 Å². The fourth-order valence-corrected chi connectivity index (χ4v) is 6.97. The number of likely N-dealkylation sites (tertiary alicyclic amines) is 2. The minimum atomic E-state index is -0.549. The van der Waals surface area contributed by atoms with Crippen LogP contribution in [0.2, 0.25) is 0 Å². The zero-order chi connectivity index (χ0) is 30.1.